The number of fused-ring (bicyclic) bond motifs is 1. The molecule has 1 aliphatic heterocycles. The first-order valence-corrected chi connectivity index (χ1v) is 8.67. The predicted octanol–water partition coefficient (Wildman–Crippen LogP) is 2.67. The molecule has 0 fully saturated rings. The van der Waals surface area contributed by atoms with E-state index in [1.807, 2.05) is 30.3 Å². The number of rotatable bonds is 5. The van der Waals surface area contributed by atoms with Crippen molar-refractivity contribution >= 4 is 11.9 Å². The highest BCUT2D eigenvalue weighted by atomic mass is 16.5. The summed E-state index contributed by atoms with van der Waals surface area (Å²) >= 11 is 0. The van der Waals surface area contributed by atoms with Crippen molar-refractivity contribution in [2.24, 2.45) is 0 Å². The van der Waals surface area contributed by atoms with E-state index in [1.54, 1.807) is 23.9 Å². The lowest BCUT2D eigenvalue weighted by atomic mass is 10.0. The second kappa shape index (κ2) is 7.40. The molecule has 1 aromatic heterocycles. The van der Waals surface area contributed by atoms with Gasteiger partial charge in [0.1, 0.15) is 12.9 Å². The summed E-state index contributed by atoms with van der Waals surface area (Å²) < 4.78 is 13.0. The monoisotopic (exact) mass is 375 g/mol. The zero-order chi connectivity index (χ0) is 19.5. The highest BCUT2D eigenvalue weighted by Crippen LogP contribution is 2.35. The minimum absolute atomic E-state index is 0.113. The van der Waals surface area contributed by atoms with E-state index in [4.69, 9.17) is 9.47 Å². The smallest absolute Gasteiger partial charge is 0.229 e. The molecule has 1 amide bonds. The molecule has 0 radical (unpaired) electrons. The van der Waals surface area contributed by atoms with Crippen LogP contribution in [0.4, 0.5) is 5.95 Å². The van der Waals surface area contributed by atoms with Crippen LogP contribution in [-0.4, -0.2) is 27.8 Å². The van der Waals surface area contributed by atoms with Crippen molar-refractivity contribution in [1.82, 2.24) is 14.8 Å². The third-order valence-electron chi connectivity index (χ3n) is 4.59. The SMILES string of the molecule is COc1cc([C@H]2CC(=O)Nc3ncnn32)ccc1OCc1ccccc1C#N. The van der Waals surface area contributed by atoms with Gasteiger partial charge >= 0.3 is 0 Å². The standard InChI is InChI=1S/C20H17N5O3/c1-27-18-8-13(16-9-19(26)24-20-22-12-23-25(16)20)6-7-17(18)28-11-15-5-3-2-4-14(15)10-21/h2-8,12,16H,9,11H2,1H3,(H,22,23,24,26)/t16-/m1/s1. The first kappa shape index (κ1) is 17.5. The van der Waals surface area contributed by atoms with E-state index in [0.29, 0.717) is 23.0 Å². The Morgan fingerprint density at radius 3 is 2.96 bits per heavy atom. The van der Waals surface area contributed by atoms with E-state index >= 15 is 0 Å². The fourth-order valence-corrected chi connectivity index (χ4v) is 3.19. The lowest BCUT2D eigenvalue weighted by Crippen LogP contribution is -2.29. The van der Waals surface area contributed by atoms with Crippen LogP contribution in [0.25, 0.3) is 0 Å². The topological polar surface area (TPSA) is 102 Å². The Labute approximate surface area is 161 Å². The first-order chi connectivity index (χ1) is 13.7. The number of nitrogens with zero attached hydrogens (tertiary/aromatic N) is 4. The average Bonchev–Trinajstić information content (AvgIpc) is 3.20. The summed E-state index contributed by atoms with van der Waals surface area (Å²) in [6.07, 6.45) is 1.67. The molecular weight excluding hydrogens is 358 g/mol. The van der Waals surface area contributed by atoms with Crippen LogP contribution in [0.5, 0.6) is 11.5 Å². The molecule has 2 heterocycles. The number of nitrogens with one attached hydrogen (secondary N) is 1. The van der Waals surface area contributed by atoms with Gasteiger partial charge in [0, 0.05) is 5.56 Å². The maximum Gasteiger partial charge on any atom is 0.229 e. The average molecular weight is 375 g/mol. The minimum Gasteiger partial charge on any atom is -0.493 e. The zero-order valence-electron chi connectivity index (χ0n) is 15.1. The number of nitriles is 1. The Kier molecular flexibility index (Phi) is 4.64. The van der Waals surface area contributed by atoms with Crippen LogP contribution >= 0.6 is 0 Å². The molecule has 0 saturated heterocycles. The van der Waals surface area contributed by atoms with Crippen molar-refractivity contribution in [3.63, 3.8) is 0 Å². The van der Waals surface area contributed by atoms with Gasteiger partial charge < -0.3 is 9.47 Å². The highest BCUT2D eigenvalue weighted by molar-refractivity contribution is 5.91. The van der Waals surface area contributed by atoms with Crippen molar-refractivity contribution < 1.29 is 14.3 Å². The fraction of sp³-hybridized carbons (Fsp3) is 0.200. The van der Waals surface area contributed by atoms with Crippen molar-refractivity contribution in [2.45, 2.75) is 19.1 Å². The van der Waals surface area contributed by atoms with Crippen LogP contribution in [0.3, 0.4) is 0 Å². The van der Waals surface area contributed by atoms with Gasteiger partial charge in [-0.2, -0.15) is 15.3 Å². The maximum absolute atomic E-state index is 12.0. The van der Waals surface area contributed by atoms with Gasteiger partial charge in [-0.05, 0) is 23.8 Å². The number of carbonyl (C=O) groups excluding carboxylic acids is 1. The Bertz CT molecular complexity index is 1070. The number of methoxy groups -OCH3 is 1. The Morgan fingerprint density at radius 1 is 1.29 bits per heavy atom. The largest absolute Gasteiger partial charge is 0.493 e. The second-order valence-electron chi connectivity index (χ2n) is 6.26. The molecule has 1 N–H and O–H groups in total. The van der Waals surface area contributed by atoms with Crippen LogP contribution in [-0.2, 0) is 11.4 Å². The number of aromatic nitrogens is 3. The van der Waals surface area contributed by atoms with E-state index in [2.05, 4.69) is 21.5 Å². The number of hydrogen-bond acceptors (Lipinski definition) is 6. The number of amides is 1. The second-order valence-corrected chi connectivity index (χ2v) is 6.26. The van der Waals surface area contributed by atoms with Gasteiger partial charge in [-0.1, -0.05) is 24.3 Å². The van der Waals surface area contributed by atoms with Gasteiger partial charge in [0.05, 0.1) is 31.2 Å². The van der Waals surface area contributed by atoms with Crippen LogP contribution in [0.1, 0.15) is 29.2 Å². The molecule has 8 heteroatoms. The van der Waals surface area contributed by atoms with Gasteiger partial charge in [0.25, 0.3) is 0 Å². The van der Waals surface area contributed by atoms with Gasteiger partial charge in [0.15, 0.2) is 11.5 Å². The molecule has 2 aromatic carbocycles. The van der Waals surface area contributed by atoms with E-state index in [0.717, 1.165) is 11.1 Å². The summed E-state index contributed by atoms with van der Waals surface area (Å²) in [5.74, 6) is 1.41. The summed E-state index contributed by atoms with van der Waals surface area (Å²) in [7, 11) is 1.56. The minimum atomic E-state index is -0.270. The Morgan fingerprint density at radius 2 is 2.14 bits per heavy atom. The van der Waals surface area contributed by atoms with Crippen molar-refractivity contribution in [1.29, 1.82) is 5.26 Å². The first-order valence-electron chi connectivity index (χ1n) is 8.67. The van der Waals surface area contributed by atoms with Crippen LogP contribution in [0.15, 0.2) is 48.8 Å². The van der Waals surface area contributed by atoms with E-state index in [9.17, 15) is 10.1 Å². The van der Waals surface area contributed by atoms with Gasteiger partial charge in [-0.15, -0.1) is 0 Å². The Balaban J connectivity index is 1.59. The lowest BCUT2D eigenvalue weighted by Gasteiger charge is -2.24. The van der Waals surface area contributed by atoms with Gasteiger partial charge in [0.2, 0.25) is 11.9 Å². The number of hydrogen-bond donors (Lipinski definition) is 1. The van der Waals surface area contributed by atoms with Gasteiger partial charge in [-0.25, -0.2) is 4.68 Å². The van der Waals surface area contributed by atoms with Crippen molar-refractivity contribution in [3.8, 4) is 17.6 Å². The normalized spacial score (nSPS) is 15.3. The quantitative estimate of drug-likeness (QED) is 0.736. The number of anilines is 1. The number of carbonyl (C=O) groups is 1. The zero-order valence-corrected chi connectivity index (χ0v) is 15.1. The summed E-state index contributed by atoms with van der Waals surface area (Å²) in [6.45, 7) is 0.249. The molecule has 1 atom stereocenters. The molecule has 0 saturated carbocycles. The number of ether oxygens (including phenoxy) is 2. The van der Waals surface area contributed by atoms with Crippen LogP contribution < -0.4 is 14.8 Å². The van der Waals surface area contributed by atoms with Crippen molar-refractivity contribution in [2.75, 3.05) is 12.4 Å². The molecular formula is C20H17N5O3. The molecule has 0 bridgehead atoms. The predicted molar refractivity (Wildman–Crippen MR) is 99.9 cm³/mol. The highest BCUT2D eigenvalue weighted by Gasteiger charge is 2.28. The van der Waals surface area contributed by atoms with Crippen molar-refractivity contribution in [3.05, 3.63) is 65.5 Å². The molecule has 4 rings (SSSR count). The van der Waals surface area contributed by atoms with E-state index < -0.39 is 0 Å². The molecule has 140 valence electrons. The van der Waals surface area contributed by atoms with Crippen LogP contribution in [0, 0.1) is 11.3 Å². The fourth-order valence-electron chi connectivity index (χ4n) is 3.19. The molecule has 28 heavy (non-hydrogen) atoms. The number of benzene rings is 2. The van der Waals surface area contributed by atoms with Gasteiger partial charge in [-0.3, -0.25) is 10.1 Å². The lowest BCUT2D eigenvalue weighted by molar-refractivity contribution is -0.117. The molecule has 0 aliphatic carbocycles. The maximum atomic E-state index is 12.0. The van der Waals surface area contributed by atoms with E-state index in [-0.39, 0.29) is 25.0 Å². The third-order valence-corrected chi connectivity index (χ3v) is 4.59. The summed E-state index contributed by atoms with van der Waals surface area (Å²) in [5, 5.41) is 16.1. The molecule has 8 nitrogen and oxygen atoms in total. The summed E-state index contributed by atoms with van der Waals surface area (Å²) in [5.41, 5.74) is 2.24. The van der Waals surface area contributed by atoms with E-state index in [1.165, 1.54) is 6.33 Å². The Hall–Kier alpha value is -3.86. The molecule has 0 spiro atoms. The summed E-state index contributed by atoms with van der Waals surface area (Å²) in [4.78, 5) is 16.0. The van der Waals surface area contributed by atoms with Crippen LogP contribution in [0.2, 0.25) is 0 Å². The third kappa shape index (κ3) is 3.25. The molecule has 3 aromatic rings. The summed E-state index contributed by atoms with van der Waals surface area (Å²) in [6, 6.07) is 14.7. The molecule has 0 unspecified atom stereocenters. The molecule has 1 aliphatic rings.